The van der Waals surface area contributed by atoms with Gasteiger partial charge in [0.05, 0.1) is 11.9 Å². The number of hydrogen-bond acceptors (Lipinski definition) is 4. The highest BCUT2D eigenvalue weighted by molar-refractivity contribution is 6.01. The normalized spacial score (nSPS) is 10.4. The average Bonchev–Trinajstić information content (AvgIpc) is 2.86. The first kappa shape index (κ1) is 12.8. The van der Waals surface area contributed by atoms with Crippen LogP contribution in [0.25, 0.3) is 0 Å². The van der Waals surface area contributed by atoms with E-state index in [-0.39, 0.29) is 18.1 Å². The third kappa shape index (κ3) is 2.62. The lowest BCUT2D eigenvalue weighted by Gasteiger charge is -2.06. The van der Waals surface area contributed by atoms with Crippen molar-refractivity contribution in [2.75, 3.05) is 5.32 Å². The number of nitrogens with two attached hydrogens (primary N) is 1. The highest BCUT2D eigenvalue weighted by atomic mass is 16.2. The minimum atomic E-state index is -0.648. The summed E-state index contributed by atoms with van der Waals surface area (Å²) in [6, 6.07) is 1.80. The predicted octanol–water partition coefficient (Wildman–Crippen LogP) is -0.337. The molecule has 2 aromatic rings. The smallest absolute Gasteiger partial charge is 0.269 e. The molecule has 0 aliphatic carbocycles. The highest BCUT2D eigenvalue weighted by Gasteiger charge is 2.16. The van der Waals surface area contributed by atoms with Crippen LogP contribution in [0.1, 0.15) is 16.2 Å². The second-order valence-corrected chi connectivity index (χ2v) is 4.07. The topological polar surface area (TPSA) is 108 Å². The zero-order valence-electron chi connectivity index (χ0n) is 10.6. The Labute approximate surface area is 109 Å². The van der Waals surface area contributed by atoms with E-state index in [0.29, 0.717) is 5.69 Å². The number of nitrogens with zero attached hydrogens (tertiary/aromatic N) is 4. The van der Waals surface area contributed by atoms with Crippen molar-refractivity contribution in [3.63, 3.8) is 0 Å². The number of carbonyl (C=O) groups excluding carboxylic acids is 2. The average molecular weight is 262 g/mol. The molecule has 0 bridgehead atoms. The van der Waals surface area contributed by atoms with Crippen molar-refractivity contribution in [1.82, 2.24) is 19.6 Å². The molecule has 2 aromatic heterocycles. The fourth-order valence-electron chi connectivity index (χ4n) is 1.71. The van der Waals surface area contributed by atoms with E-state index >= 15 is 0 Å². The number of aromatic nitrogens is 4. The van der Waals surface area contributed by atoms with Gasteiger partial charge in [0.2, 0.25) is 5.91 Å². The lowest BCUT2D eigenvalue weighted by atomic mass is 10.3. The third-order valence-electron chi connectivity index (χ3n) is 2.67. The van der Waals surface area contributed by atoms with E-state index in [1.54, 1.807) is 24.0 Å². The molecule has 0 atom stereocenters. The van der Waals surface area contributed by atoms with E-state index in [4.69, 9.17) is 5.73 Å². The number of carbonyl (C=O) groups is 2. The summed E-state index contributed by atoms with van der Waals surface area (Å²) in [6.07, 6.45) is 3.00. The number of aryl methyl sites for hydroxylation is 2. The summed E-state index contributed by atoms with van der Waals surface area (Å²) in [7, 11) is 1.58. The molecule has 100 valence electrons. The fraction of sp³-hybridized carbons (Fsp3) is 0.273. The maximum absolute atomic E-state index is 11.9. The molecule has 0 spiro atoms. The van der Waals surface area contributed by atoms with Crippen LogP contribution in [0, 0.1) is 6.92 Å². The SMILES string of the molecule is Cc1ccnn1CC(=O)Nc1cnn(C)c1C(N)=O. The van der Waals surface area contributed by atoms with Crippen molar-refractivity contribution in [1.29, 1.82) is 0 Å². The van der Waals surface area contributed by atoms with Crippen LogP contribution in [0.2, 0.25) is 0 Å². The molecule has 0 saturated carbocycles. The summed E-state index contributed by atoms with van der Waals surface area (Å²) in [5.41, 5.74) is 6.55. The molecule has 8 nitrogen and oxygen atoms in total. The van der Waals surface area contributed by atoms with Crippen LogP contribution in [0.5, 0.6) is 0 Å². The first-order valence-corrected chi connectivity index (χ1v) is 5.59. The number of primary amides is 1. The molecule has 0 aliphatic rings. The summed E-state index contributed by atoms with van der Waals surface area (Å²) in [5.74, 6) is -0.951. The van der Waals surface area contributed by atoms with Gasteiger partial charge < -0.3 is 11.1 Å². The van der Waals surface area contributed by atoms with E-state index in [1.807, 2.05) is 6.92 Å². The lowest BCUT2D eigenvalue weighted by molar-refractivity contribution is -0.116. The summed E-state index contributed by atoms with van der Waals surface area (Å²) in [5, 5.41) is 10.5. The Morgan fingerprint density at radius 3 is 2.74 bits per heavy atom. The summed E-state index contributed by atoms with van der Waals surface area (Å²) >= 11 is 0. The van der Waals surface area contributed by atoms with E-state index in [2.05, 4.69) is 15.5 Å². The summed E-state index contributed by atoms with van der Waals surface area (Å²) in [6.45, 7) is 1.91. The Kier molecular flexibility index (Phi) is 3.32. The molecule has 0 unspecified atom stereocenters. The Balaban J connectivity index is 2.12. The van der Waals surface area contributed by atoms with Gasteiger partial charge in [-0.25, -0.2) is 0 Å². The Hall–Kier alpha value is -2.64. The van der Waals surface area contributed by atoms with Crippen molar-refractivity contribution in [3.05, 3.63) is 29.8 Å². The van der Waals surface area contributed by atoms with Crippen LogP contribution in [0.4, 0.5) is 5.69 Å². The number of hydrogen-bond donors (Lipinski definition) is 2. The van der Waals surface area contributed by atoms with E-state index in [0.717, 1.165) is 5.69 Å². The maximum Gasteiger partial charge on any atom is 0.269 e. The quantitative estimate of drug-likeness (QED) is 0.785. The van der Waals surface area contributed by atoms with Gasteiger partial charge in [0.15, 0.2) is 0 Å². The largest absolute Gasteiger partial charge is 0.364 e. The Morgan fingerprint density at radius 2 is 2.16 bits per heavy atom. The lowest BCUT2D eigenvalue weighted by Crippen LogP contribution is -2.23. The highest BCUT2D eigenvalue weighted by Crippen LogP contribution is 2.13. The van der Waals surface area contributed by atoms with Crippen molar-refractivity contribution < 1.29 is 9.59 Å². The number of nitrogens with one attached hydrogen (secondary N) is 1. The van der Waals surface area contributed by atoms with Gasteiger partial charge in [-0.05, 0) is 13.0 Å². The molecular formula is C11H14N6O2. The van der Waals surface area contributed by atoms with Crippen molar-refractivity contribution in [2.24, 2.45) is 12.8 Å². The van der Waals surface area contributed by atoms with Gasteiger partial charge in [-0.1, -0.05) is 0 Å². The number of rotatable bonds is 4. The minimum Gasteiger partial charge on any atom is -0.364 e. The van der Waals surface area contributed by atoms with Crippen molar-refractivity contribution >= 4 is 17.5 Å². The van der Waals surface area contributed by atoms with Crippen LogP contribution in [0.15, 0.2) is 18.5 Å². The molecule has 0 radical (unpaired) electrons. The summed E-state index contributed by atoms with van der Waals surface area (Å²) < 4.78 is 2.87. The minimum absolute atomic E-state index is 0.0614. The molecule has 3 N–H and O–H groups in total. The van der Waals surface area contributed by atoms with Gasteiger partial charge in [0.25, 0.3) is 5.91 Å². The number of anilines is 1. The van der Waals surface area contributed by atoms with Gasteiger partial charge in [0.1, 0.15) is 12.2 Å². The Morgan fingerprint density at radius 1 is 1.42 bits per heavy atom. The monoisotopic (exact) mass is 262 g/mol. The molecule has 2 heterocycles. The zero-order valence-corrected chi connectivity index (χ0v) is 10.6. The second-order valence-electron chi connectivity index (χ2n) is 4.07. The predicted molar refractivity (Wildman–Crippen MR) is 67.3 cm³/mol. The van der Waals surface area contributed by atoms with E-state index in [1.165, 1.54) is 10.9 Å². The molecule has 2 amide bonds. The van der Waals surface area contributed by atoms with Crippen LogP contribution >= 0.6 is 0 Å². The molecule has 0 fully saturated rings. The molecule has 8 heteroatoms. The van der Waals surface area contributed by atoms with Crippen LogP contribution in [-0.2, 0) is 18.4 Å². The van der Waals surface area contributed by atoms with Gasteiger partial charge in [0, 0.05) is 18.9 Å². The molecule has 0 saturated heterocycles. The van der Waals surface area contributed by atoms with Crippen LogP contribution in [0.3, 0.4) is 0 Å². The zero-order chi connectivity index (χ0) is 14.0. The first-order chi connectivity index (χ1) is 8.99. The molecule has 2 rings (SSSR count). The molecule has 0 aliphatic heterocycles. The van der Waals surface area contributed by atoms with Gasteiger partial charge in [-0.2, -0.15) is 10.2 Å². The Bertz CT molecular complexity index is 627. The number of amides is 2. The van der Waals surface area contributed by atoms with Gasteiger partial charge >= 0.3 is 0 Å². The second kappa shape index (κ2) is 4.92. The molecule has 0 aromatic carbocycles. The van der Waals surface area contributed by atoms with Crippen molar-refractivity contribution in [3.8, 4) is 0 Å². The van der Waals surface area contributed by atoms with E-state index in [9.17, 15) is 9.59 Å². The third-order valence-corrected chi connectivity index (χ3v) is 2.67. The molecule has 19 heavy (non-hydrogen) atoms. The first-order valence-electron chi connectivity index (χ1n) is 5.59. The maximum atomic E-state index is 11.9. The van der Waals surface area contributed by atoms with Crippen LogP contribution < -0.4 is 11.1 Å². The van der Waals surface area contributed by atoms with E-state index < -0.39 is 5.91 Å². The van der Waals surface area contributed by atoms with Gasteiger partial charge in [-0.3, -0.25) is 19.0 Å². The van der Waals surface area contributed by atoms with Crippen LogP contribution in [-0.4, -0.2) is 31.4 Å². The van der Waals surface area contributed by atoms with Crippen molar-refractivity contribution in [2.45, 2.75) is 13.5 Å². The summed E-state index contributed by atoms with van der Waals surface area (Å²) in [4.78, 5) is 23.1. The molecular weight excluding hydrogens is 248 g/mol. The fourth-order valence-corrected chi connectivity index (χ4v) is 1.71. The van der Waals surface area contributed by atoms with Gasteiger partial charge in [-0.15, -0.1) is 0 Å². The standard InChI is InChI=1S/C11H14N6O2/c1-7-3-4-13-17(7)6-9(18)15-8-5-14-16(2)10(8)11(12)19/h3-5H,6H2,1-2H3,(H2,12,19)(H,15,18).